The first-order chi connectivity index (χ1) is 16.5. The highest BCUT2D eigenvalue weighted by molar-refractivity contribution is 5.80. The van der Waals surface area contributed by atoms with E-state index in [1.165, 1.54) is 6.21 Å². The Hall–Kier alpha value is -4.84. The van der Waals surface area contributed by atoms with Gasteiger partial charge in [0.25, 0.3) is 5.56 Å². The van der Waals surface area contributed by atoms with Crippen LogP contribution in [0.15, 0.2) is 82.7 Å². The number of benzene rings is 3. The van der Waals surface area contributed by atoms with Crippen molar-refractivity contribution in [2.75, 3.05) is 5.43 Å². The maximum Gasteiger partial charge on any atom is 0.270 e. The van der Waals surface area contributed by atoms with E-state index in [0.717, 1.165) is 18.2 Å². The molecule has 0 bridgehead atoms. The molecule has 3 aromatic carbocycles. The van der Waals surface area contributed by atoms with Gasteiger partial charge in [0.15, 0.2) is 0 Å². The number of H-pyrrole nitrogens is 1. The highest BCUT2D eigenvalue weighted by Crippen LogP contribution is 2.20. The molecule has 0 aliphatic carbocycles. The summed E-state index contributed by atoms with van der Waals surface area (Å²) < 4.78 is 32.6. The van der Waals surface area contributed by atoms with Gasteiger partial charge in [-0.25, -0.2) is 19.2 Å². The van der Waals surface area contributed by atoms with E-state index in [2.05, 4.69) is 20.5 Å². The van der Waals surface area contributed by atoms with Gasteiger partial charge in [0.2, 0.25) is 5.95 Å². The van der Waals surface area contributed by atoms with Gasteiger partial charge in [0.1, 0.15) is 35.6 Å². The van der Waals surface area contributed by atoms with Crippen molar-refractivity contribution in [3.8, 4) is 23.1 Å². The molecule has 0 radical (unpaired) electrons. The Morgan fingerprint density at radius 2 is 1.91 bits per heavy atom. The average Bonchev–Trinajstić information content (AvgIpc) is 2.85. The minimum absolute atomic E-state index is 0.0630. The van der Waals surface area contributed by atoms with Gasteiger partial charge >= 0.3 is 0 Å². The lowest BCUT2D eigenvalue weighted by Crippen LogP contribution is -2.16. The first-order valence-electron chi connectivity index (χ1n) is 10.1. The van der Waals surface area contributed by atoms with Gasteiger partial charge in [0.05, 0.1) is 11.9 Å². The summed E-state index contributed by atoms with van der Waals surface area (Å²) in [6, 6.07) is 20.7. The van der Waals surface area contributed by atoms with E-state index in [0.29, 0.717) is 16.9 Å². The fourth-order valence-corrected chi connectivity index (χ4v) is 3.10. The number of nitrogens with zero attached hydrogens (tertiary/aromatic N) is 3. The van der Waals surface area contributed by atoms with Crippen LogP contribution < -0.4 is 15.7 Å². The minimum atomic E-state index is -0.589. The molecule has 0 aliphatic heterocycles. The summed E-state index contributed by atoms with van der Waals surface area (Å²) in [5.41, 5.74) is 3.57. The lowest BCUT2D eigenvalue weighted by Gasteiger charge is -2.08. The Kier molecular flexibility index (Phi) is 6.70. The number of hydrogen-bond acceptors (Lipinski definition) is 6. The number of rotatable bonds is 7. The summed E-state index contributed by atoms with van der Waals surface area (Å²) in [6.45, 7) is -0.138. The third-order valence-electron chi connectivity index (χ3n) is 4.72. The van der Waals surface area contributed by atoms with Crippen molar-refractivity contribution in [1.29, 1.82) is 5.26 Å². The summed E-state index contributed by atoms with van der Waals surface area (Å²) in [4.78, 5) is 19.1. The molecule has 9 heteroatoms. The van der Waals surface area contributed by atoms with Crippen molar-refractivity contribution in [2.45, 2.75) is 6.61 Å². The third kappa shape index (κ3) is 5.31. The predicted molar refractivity (Wildman–Crippen MR) is 123 cm³/mol. The van der Waals surface area contributed by atoms with Crippen molar-refractivity contribution in [1.82, 2.24) is 9.97 Å². The Bertz CT molecular complexity index is 1450. The second kappa shape index (κ2) is 10.2. The van der Waals surface area contributed by atoms with Gasteiger partial charge in [-0.2, -0.15) is 10.4 Å². The molecule has 168 valence electrons. The summed E-state index contributed by atoms with van der Waals surface area (Å²) in [5, 5.41) is 13.4. The highest BCUT2D eigenvalue weighted by atomic mass is 19.1. The SMILES string of the molecule is N#Cc1c(-c2ccccc2)nc(NN=Cc2cccc(OCc3cc(F)ccc3F)c2)[nH]c1=O. The zero-order chi connectivity index (χ0) is 23.9. The first kappa shape index (κ1) is 22.4. The number of nitriles is 1. The Labute approximate surface area is 193 Å². The summed E-state index contributed by atoms with van der Waals surface area (Å²) in [6.07, 6.45) is 1.47. The molecule has 0 saturated carbocycles. The average molecular weight is 457 g/mol. The van der Waals surface area contributed by atoms with Crippen molar-refractivity contribution in [3.63, 3.8) is 0 Å². The number of hydrazone groups is 1. The Balaban J connectivity index is 1.48. The van der Waals surface area contributed by atoms with Crippen LogP contribution in [-0.2, 0) is 6.61 Å². The van der Waals surface area contributed by atoms with Crippen LogP contribution in [0.1, 0.15) is 16.7 Å². The molecule has 0 saturated heterocycles. The second-order valence-electron chi connectivity index (χ2n) is 7.08. The number of hydrogen-bond donors (Lipinski definition) is 2. The molecule has 0 spiro atoms. The number of aromatic nitrogens is 2. The summed E-state index contributed by atoms with van der Waals surface area (Å²) >= 11 is 0. The molecule has 0 aliphatic rings. The van der Waals surface area contributed by atoms with E-state index in [9.17, 15) is 18.8 Å². The van der Waals surface area contributed by atoms with Crippen LogP contribution in [0.4, 0.5) is 14.7 Å². The van der Waals surface area contributed by atoms with Crippen LogP contribution in [0, 0.1) is 23.0 Å². The lowest BCUT2D eigenvalue weighted by molar-refractivity contribution is 0.299. The number of anilines is 1. The van der Waals surface area contributed by atoms with Gasteiger partial charge in [-0.15, -0.1) is 0 Å². The quantitative estimate of drug-likeness (QED) is 0.312. The standard InChI is InChI=1S/C25H17F2N5O2/c26-19-9-10-22(27)18(12-19)15-34-20-8-4-5-16(11-20)14-29-32-25-30-23(17-6-2-1-3-7-17)21(13-28)24(33)31-25/h1-12,14H,15H2,(H2,30,31,32,33). The van der Waals surface area contributed by atoms with Gasteiger partial charge in [-0.3, -0.25) is 9.78 Å². The molecule has 7 nitrogen and oxygen atoms in total. The van der Waals surface area contributed by atoms with Gasteiger partial charge in [-0.1, -0.05) is 42.5 Å². The van der Waals surface area contributed by atoms with E-state index in [-0.39, 0.29) is 29.4 Å². The van der Waals surface area contributed by atoms with Crippen LogP contribution in [0.5, 0.6) is 5.75 Å². The summed E-state index contributed by atoms with van der Waals surface area (Å²) in [7, 11) is 0. The van der Waals surface area contributed by atoms with Gasteiger partial charge < -0.3 is 4.74 Å². The van der Waals surface area contributed by atoms with Gasteiger partial charge in [0, 0.05) is 11.1 Å². The molecular weight excluding hydrogens is 440 g/mol. The van der Waals surface area contributed by atoms with Crippen molar-refractivity contribution in [3.05, 3.63) is 111 Å². The molecule has 34 heavy (non-hydrogen) atoms. The molecule has 0 amide bonds. The predicted octanol–water partition coefficient (Wildman–Crippen LogP) is 4.61. The van der Waals surface area contributed by atoms with E-state index in [4.69, 9.17) is 4.74 Å². The van der Waals surface area contributed by atoms with E-state index in [1.807, 2.05) is 12.1 Å². The Morgan fingerprint density at radius 3 is 2.71 bits per heavy atom. The molecule has 4 aromatic rings. The number of aromatic amines is 1. The molecule has 0 atom stereocenters. The van der Waals surface area contributed by atoms with Crippen LogP contribution in [0.3, 0.4) is 0 Å². The first-order valence-corrected chi connectivity index (χ1v) is 10.1. The molecule has 1 heterocycles. The second-order valence-corrected chi connectivity index (χ2v) is 7.08. The normalized spacial score (nSPS) is 10.7. The van der Waals surface area contributed by atoms with E-state index in [1.54, 1.807) is 48.5 Å². The number of halogens is 2. The zero-order valence-corrected chi connectivity index (χ0v) is 17.6. The Morgan fingerprint density at radius 1 is 1.09 bits per heavy atom. The fraction of sp³-hybridized carbons (Fsp3) is 0.0400. The van der Waals surface area contributed by atoms with Crippen molar-refractivity contribution >= 4 is 12.2 Å². The highest BCUT2D eigenvalue weighted by Gasteiger charge is 2.12. The number of nitrogens with one attached hydrogen (secondary N) is 2. The van der Waals surface area contributed by atoms with Crippen LogP contribution in [-0.4, -0.2) is 16.2 Å². The molecule has 2 N–H and O–H groups in total. The zero-order valence-electron chi connectivity index (χ0n) is 17.6. The smallest absolute Gasteiger partial charge is 0.270 e. The maximum atomic E-state index is 13.8. The molecule has 0 fully saturated rings. The third-order valence-corrected chi connectivity index (χ3v) is 4.72. The molecule has 0 unspecified atom stereocenters. The monoisotopic (exact) mass is 457 g/mol. The van der Waals surface area contributed by atoms with Crippen molar-refractivity contribution in [2.24, 2.45) is 5.10 Å². The molecule has 1 aromatic heterocycles. The van der Waals surface area contributed by atoms with Crippen LogP contribution in [0.2, 0.25) is 0 Å². The fourth-order valence-electron chi connectivity index (χ4n) is 3.10. The largest absolute Gasteiger partial charge is 0.489 e. The van der Waals surface area contributed by atoms with Crippen LogP contribution in [0.25, 0.3) is 11.3 Å². The summed E-state index contributed by atoms with van der Waals surface area (Å²) in [5.74, 6) is -0.601. The maximum absolute atomic E-state index is 13.8. The minimum Gasteiger partial charge on any atom is -0.489 e. The van der Waals surface area contributed by atoms with E-state index >= 15 is 0 Å². The molecule has 4 rings (SSSR count). The lowest BCUT2D eigenvalue weighted by atomic mass is 10.1. The topological polar surface area (TPSA) is 103 Å². The van der Waals surface area contributed by atoms with E-state index < -0.39 is 17.2 Å². The molecular formula is C25H17F2N5O2. The number of ether oxygens (including phenoxy) is 1. The van der Waals surface area contributed by atoms with Crippen LogP contribution >= 0.6 is 0 Å². The van der Waals surface area contributed by atoms with Crippen molar-refractivity contribution < 1.29 is 13.5 Å². The van der Waals surface area contributed by atoms with Gasteiger partial charge in [-0.05, 0) is 35.9 Å².